The van der Waals surface area contributed by atoms with Crippen molar-refractivity contribution in [1.82, 2.24) is 16.0 Å². The lowest BCUT2D eigenvalue weighted by molar-refractivity contribution is -0.143. The minimum atomic E-state index is -1.25. The Morgan fingerprint density at radius 2 is 1.53 bits per heavy atom. The molecule has 0 aliphatic carbocycles. The molecule has 0 fully saturated rings. The van der Waals surface area contributed by atoms with Gasteiger partial charge >= 0.3 is 5.97 Å². The van der Waals surface area contributed by atoms with Crippen molar-refractivity contribution in [3.8, 4) is 0 Å². The van der Waals surface area contributed by atoms with Gasteiger partial charge in [0.15, 0.2) is 0 Å². The van der Waals surface area contributed by atoms with Crippen LogP contribution in [0.4, 0.5) is 0 Å². The molecule has 0 bridgehead atoms. The minimum absolute atomic E-state index is 0.0766. The Balaban J connectivity index is 3.01. The van der Waals surface area contributed by atoms with Crippen molar-refractivity contribution in [2.75, 3.05) is 5.75 Å². The standard InChI is InChI=1S/C22H33N5O6S/c1-3-12(2)18(22(32)33)27-21(31)16(11-34)26-20(30)15(9-13-7-5-4-6-8-13)25-19(29)14(23)10-17(24)28/h4-8,12,14-16,18,34H,3,9-11,23H2,1-2H3,(H2,24,28)(H,25,29)(H,26,30)(H,27,31)(H,32,33). The summed E-state index contributed by atoms with van der Waals surface area (Å²) >= 11 is 4.10. The second-order valence-corrected chi connectivity index (χ2v) is 8.35. The summed E-state index contributed by atoms with van der Waals surface area (Å²) in [7, 11) is 0. The molecule has 0 aliphatic rings. The fraction of sp³-hybridized carbons (Fsp3) is 0.500. The smallest absolute Gasteiger partial charge is 0.326 e. The van der Waals surface area contributed by atoms with E-state index in [-0.39, 0.29) is 18.1 Å². The van der Waals surface area contributed by atoms with E-state index in [0.717, 1.165) is 5.56 Å². The number of benzene rings is 1. The highest BCUT2D eigenvalue weighted by molar-refractivity contribution is 7.80. The molecule has 5 atom stereocenters. The number of carboxylic acid groups (broad SMARTS) is 1. The average molecular weight is 496 g/mol. The molecule has 0 spiro atoms. The number of amides is 4. The van der Waals surface area contributed by atoms with Crippen LogP contribution in [0, 0.1) is 5.92 Å². The maximum atomic E-state index is 13.0. The van der Waals surface area contributed by atoms with E-state index in [4.69, 9.17) is 11.5 Å². The SMILES string of the molecule is CCC(C)C(NC(=O)C(CS)NC(=O)C(Cc1ccccc1)NC(=O)C(N)CC(N)=O)C(=O)O. The molecule has 12 heteroatoms. The van der Waals surface area contributed by atoms with Crippen LogP contribution >= 0.6 is 12.6 Å². The van der Waals surface area contributed by atoms with Gasteiger partial charge in [0.1, 0.15) is 18.1 Å². The number of primary amides is 1. The Hall–Kier alpha value is -3.12. The number of aliphatic carboxylic acids is 1. The molecular formula is C22H33N5O6S. The molecule has 1 aromatic carbocycles. The second-order valence-electron chi connectivity index (χ2n) is 7.98. The number of nitrogens with one attached hydrogen (secondary N) is 3. The number of thiol groups is 1. The lowest BCUT2D eigenvalue weighted by Crippen LogP contribution is -2.58. The molecule has 5 unspecified atom stereocenters. The van der Waals surface area contributed by atoms with Gasteiger partial charge in [-0.25, -0.2) is 4.79 Å². The first-order valence-corrected chi connectivity index (χ1v) is 11.5. The van der Waals surface area contributed by atoms with E-state index in [2.05, 4.69) is 28.6 Å². The number of carboxylic acids is 1. The molecule has 0 saturated heterocycles. The van der Waals surface area contributed by atoms with E-state index < -0.39 is 60.2 Å². The maximum Gasteiger partial charge on any atom is 0.326 e. The molecule has 0 radical (unpaired) electrons. The predicted molar refractivity (Wildman–Crippen MR) is 129 cm³/mol. The Morgan fingerprint density at radius 3 is 2.03 bits per heavy atom. The number of hydrogen-bond donors (Lipinski definition) is 7. The van der Waals surface area contributed by atoms with Crippen LogP contribution < -0.4 is 27.4 Å². The Kier molecular flexibility index (Phi) is 12.1. The molecular weight excluding hydrogens is 462 g/mol. The van der Waals surface area contributed by atoms with Crippen LogP contribution in [0.5, 0.6) is 0 Å². The third kappa shape index (κ3) is 9.40. The van der Waals surface area contributed by atoms with Gasteiger partial charge in [0.25, 0.3) is 0 Å². The molecule has 0 saturated carbocycles. The largest absolute Gasteiger partial charge is 0.480 e. The third-order valence-corrected chi connectivity index (χ3v) is 5.63. The van der Waals surface area contributed by atoms with Crippen molar-refractivity contribution in [1.29, 1.82) is 0 Å². The molecule has 1 rings (SSSR count). The maximum absolute atomic E-state index is 13.0. The summed E-state index contributed by atoms with van der Waals surface area (Å²) in [6.45, 7) is 3.48. The van der Waals surface area contributed by atoms with Gasteiger partial charge < -0.3 is 32.5 Å². The summed E-state index contributed by atoms with van der Waals surface area (Å²) in [4.78, 5) is 60.7. The lowest BCUT2D eigenvalue weighted by Gasteiger charge is -2.26. The van der Waals surface area contributed by atoms with E-state index in [9.17, 15) is 29.1 Å². The summed E-state index contributed by atoms with van der Waals surface area (Å²) in [5.74, 6) is -4.59. The number of nitrogens with two attached hydrogens (primary N) is 2. The van der Waals surface area contributed by atoms with Gasteiger partial charge in [-0.2, -0.15) is 12.6 Å². The lowest BCUT2D eigenvalue weighted by atomic mass is 9.99. The van der Waals surface area contributed by atoms with Gasteiger partial charge in [-0.1, -0.05) is 50.6 Å². The van der Waals surface area contributed by atoms with Gasteiger partial charge in [-0.05, 0) is 11.5 Å². The zero-order chi connectivity index (χ0) is 25.8. The van der Waals surface area contributed by atoms with Crippen LogP contribution in [0.3, 0.4) is 0 Å². The summed E-state index contributed by atoms with van der Waals surface area (Å²) in [6, 6.07) is 4.14. The highest BCUT2D eigenvalue weighted by Gasteiger charge is 2.31. The van der Waals surface area contributed by atoms with Gasteiger partial charge in [-0.15, -0.1) is 0 Å². The van der Waals surface area contributed by atoms with Gasteiger partial charge in [0, 0.05) is 12.2 Å². The Bertz CT molecular complexity index is 869. The quantitative estimate of drug-likeness (QED) is 0.160. The van der Waals surface area contributed by atoms with Crippen LogP contribution in [0.15, 0.2) is 30.3 Å². The summed E-state index contributed by atoms with van der Waals surface area (Å²) in [5, 5.41) is 16.8. The van der Waals surface area contributed by atoms with Crippen molar-refractivity contribution in [3.05, 3.63) is 35.9 Å². The molecule has 0 heterocycles. The second kappa shape index (κ2) is 14.2. The van der Waals surface area contributed by atoms with Gasteiger partial charge in [0.05, 0.1) is 12.5 Å². The van der Waals surface area contributed by atoms with Gasteiger partial charge in [-0.3, -0.25) is 19.2 Å². The van der Waals surface area contributed by atoms with Crippen molar-refractivity contribution in [2.24, 2.45) is 17.4 Å². The molecule has 1 aromatic rings. The zero-order valence-electron chi connectivity index (χ0n) is 19.2. The first kappa shape index (κ1) is 28.9. The molecule has 0 aromatic heterocycles. The molecule has 188 valence electrons. The van der Waals surface area contributed by atoms with E-state index in [1.54, 1.807) is 44.2 Å². The summed E-state index contributed by atoms with van der Waals surface area (Å²) in [5.41, 5.74) is 11.5. The Labute approximate surface area is 203 Å². The van der Waals surface area contributed by atoms with Crippen LogP contribution in [-0.2, 0) is 30.4 Å². The first-order chi connectivity index (χ1) is 16.0. The van der Waals surface area contributed by atoms with E-state index in [1.807, 2.05) is 0 Å². The van der Waals surface area contributed by atoms with Crippen molar-refractivity contribution >= 4 is 42.2 Å². The number of carbonyl (C=O) groups excluding carboxylic acids is 4. The number of carbonyl (C=O) groups is 5. The minimum Gasteiger partial charge on any atom is -0.480 e. The Morgan fingerprint density at radius 1 is 0.971 bits per heavy atom. The highest BCUT2D eigenvalue weighted by Crippen LogP contribution is 2.09. The van der Waals surface area contributed by atoms with Gasteiger partial charge in [0.2, 0.25) is 23.6 Å². The molecule has 0 aliphatic heterocycles. The van der Waals surface area contributed by atoms with Crippen LogP contribution in [-0.4, -0.2) is 64.6 Å². The van der Waals surface area contributed by atoms with Crippen molar-refractivity contribution < 1.29 is 29.1 Å². The molecule has 34 heavy (non-hydrogen) atoms. The third-order valence-electron chi connectivity index (χ3n) is 5.27. The fourth-order valence-electron chi connectivity index (χ4n) is 3.05. The topological polar surface area (TPSA) is 194 Å². The first-order valence-electron chi connectivity index (χ1n) is 10.8. The van der Waals surface area contributed by atoms with Crippen molar-refractivity contribution in [3.63, 3.8) is 0 Å². The highest BCUT2D eigenvalue weighted by atomic mass is 32.1. The molecule has 8 N–H and O–H groups in total. The average Bonchev–Trinajstić information content (AvgIpc) is 2.79. The van der Waals surface area contributed by atoms with E-state index >= 15 is 0 Å². The number of rotatable bonds is 14. The zero-order valence-corrected chi connectivity index (χ0v) is 20.1. The fourth-order valence-corrected chi connectivity index (χ4v) is 3.31. The normalized spacial score (nSPS) is 15.2. The van der Waals surface area contributed by atoms with Crippen LogP contribution in [0.2, 0.25) is 0 Å². The van der Waals surface area contributed by atoms with Crippen LogP contribution in [0.25, 0.3) is 0 Å². The van der Waals surface area contributed by atoms with E-state index in [0.29, 0.717) is 6.42 Å². The summed E-state index contributed by atoms with van der Waals surface area (Å²) < 4.78 is 0. The molecule has 4 amide bonds. The predicted octanol–water partition coefficient (Wildman–Crippen LogP) is -1.05. The van der Waals surface area contributed by atoms with Crippen LogP contribution in [0.1, 0.15) is 32.3 Å². The molecule has 11 nitrogen and oxygen atoms in total. The monoisotopic (exact) mass is 495 g/mol. The summed E-state index contributed by atoms with van der Waals surface area (Å²) in [6.07, 6.45) is 0.193. The van der Waals surface area contributed by atoms with E-state index in [1.165, 1.54) is 0 Å². The number of hydrogen-bond acceptors (Lipinski definition) is 7. The van der Waals surface area contributed by atoms with Crippen molar-refractivity contribution in [2.45, 2.75) is 57.3 Å².